The lowest BCUT2D eigenvalue weighted by atomic mass is 10.1. The Kier molecular flexibility index (Phi) is 8.30. The van der Waals surface area contributed by atoms with Crippen molar-refractivity contribution in [3.63, 3.8) is 0 Å². The summed E-state index contributed by atoms with van der Waals surface area (Å²) in [7, 11) is 1.82. The summed E-state index contributed by atoms with van der Waals surface area (Å²) in [5.41, 5.74) is 1.33. The summed E-state index contributed by atoms with van der Waals surface area (Å²) in [5, 5.41) is 7.50. The van der Waals surface area contributed by atoms with Crippen LogP contribution in [0.15, 0.2) is 29.3 Å². The number of aliphatic imine (C=N–C) groups is 1. The van der Waals surface area contributed by atoms with E-state index in [1.807, 2.05) is 19.2 Å². The fraction of sp³-hybridized carbons (Fsp3) is 0.533. The Hall–Kier alpha value is -0.490. The van der Waals surface area contributed by atoms with Gasteiger partial charge in [0, 0.05) is 25.2 Å². The molecule has 0 bridgehead atoms. The van der Waals surface area contributed by atoms with Crippen molar-refractivity contribution in [1.29, 1.82) is 0 Å². The SMILES string of the molecule is CN=C(NCCCc1ccc(Cl)cc1)NCC1CC1.I. The van der Waals surface area contributed by atoms with E-state index in [9.17, 15) is 0 Å². The van der Waals surface area contributed by atoms with Gasteiger partial charge in [-0.1, -0.05) is 23.7 Å². The van der Waals surface area contributed by atoms with E-state index in [2.05, 4.69) is 27.8 Å². The summed E-state index contributed by atoms with van der Waals surface area (Å²) >= 11 is 5.86. The number of aryl methyl sites for hydroxylation is 1. The number of nitrogens with one attached hydrogen (secondary N) is 2. The second kappa shape index (κ2) is 9.45. The van der Waals surface area contributed by atoms with Gasteiger partial charge < -0.3 is 10.6 Å². The molecule has 0 unspecified atom stereocenters. The van der Waals surface area contributed by atoms with Crippen molar-refractivity contribution >= 4 is 41.5 Å². The van der Waals surface area contributed by atoms with Gasteiger partial charge in [0.25, 0.3) is 0 Å². The Morgan fingerprint density at radius 1 is 1.25 bits per heavy atom. The lowest BCUT2D eigenvalue weighted by molar-refractivity contribution is 0.714. The standard InChI is InChI=1S/C15H22ClN3.HI/c1-17-15(19-11-13-4-5-13)18-10-2-3-12-6-8-14(16)9-7-12;/h6-9,13H,2-5,10-11H2,1H3,(H2,17,18,19);1H. The van der Waals surface area contributed by atoms with Crippen LogP contribution in [0.4, 0.5) is 0 Å². The summed E-state index contributed by atoms with van der Waals surface area (Å²) < 4.78 is 0. The van der Waals surface area contributed by atoms with E-state index >= 15 is 0 Å². The molecular formula is C15H23ClIN3. The summed E-state index contributed by atoms with van der Waals surface area (Å²) in [5.74, 6) is 1.79. The molecule has 0 amide bonds. The van der Waals surface area contributed by atoms with Crippen molar-refractivity contribution in [2.24, 2.45) is 10.9 Å². The molecular weight excluding hydrogens is 385 g/mol. The van der Waals surface area contributed by atoms with E-state index < -0.39 is 0 Å². The molecule has 0 radical (unpaired) electrons. The largest absolute Gasteiger partial charge is 0.356 e. The maximum Gasteiger partial charge on any atom is 0.190 e. The molecule has 112 valence electrons. The number of guanidine groups is 1. The van der Waals surface area contributed by atoms with E-state index in [4.69, 9.17) is 11.6 Å². The zero-order valence-corrected chi connectivity index (χ0v) is 14.9. The van der Waals surface area contributed by atoms with E-state index in [-0.39, 0.29) is 24.0 Å². The number of benzene rings is 1. The molecule has 2 rings (SSSR count). The monoisotopic (exact) mass is 407 g/mol. The zero-order chi connectivity index (χ0) is 13.5. The highest BCUT2D eigenvalue weighted by molar-refractivity contribution is 14.0. The smallest absolute Gasteiger partial charge is 0.190 e. The molecule has 1 aliphatic rings. The molecule has 1 saturated carbocycles. The summed E-state index contributed by atoms with van der Waals surface area (Å²) in [6.45, 7) is 1.99. The van der Waals surface area contributed by atoms with E-state index in [0.717, 1.165) is 42.8 Å². The first-order valence-corrected chi connectivity index (χ1v) is 7.34. The van der Waals surface area contributed by atoms with Gasteiger partial charge in [-0.3, -0.25) is 4.99 Å². The van der Waals surface area contributed by atoms with E-state index in [1.54, 1.807) is 0 Å². The molecule has 1 aliphatic carbocycles. The lowest BCUT2D eigenvalue weighted by Gasteiger charge is -2.11. The number of halogens is 2. The Labute approximate surface area is 143 Å². The van der Waals surface area contributed by atoms with Crippen LogP contribution in [0.5, 0.6) is 0 Å². The number of hydrogen-bond donors (Lipinski definition) is 2. The van der Waals surface area contributed by atoms with Crippen LogP contribution in [0.25, 0.3) is 0 Å². The van der Waals surface area contributed by atoms with Crippen LogP contribution in [0, 0.1) is 5.92 Å². The minimum Gasteiger partial charge on any atom is -0.356 e. The van der Waals surface area contributed by atoms with Gasteiger partial charge in [0.2, 0.25) is 0 Å². The van der Waals surface area contributed by atoms with Crippen LogP contribution in [0.2, 0.25) is 5.02 Å². The van der Waals surface area contributed by atoms with Crippen molar-refractivity contribution in [1.82, 2.24) is 10.6 Å². The topological polar surface area (TPSA) is 36.4 Å². The third kappa shape index (κ3) is 6.79. The summed E-state index contributed by atoms with van der Waals surface area (Å²) in [6.07, 6.45) is 4.87. The normalized spacial score (nSPS) is 14.6. The molecule has 0 spiro atoms. The molecule has 0 aromatic heterocycles. The average Bonchev–Trinajstić information content (AvgIpc) is 3.24. The minimum atomic E-state index is 0. The molecule has 0 atom stereocenters. The van der Waals surface area contributed by atoms with E-state index in [1.165, 1.54) is 18.4 Å². The Morgan fingerprint density at radius 3 is 2.55 bits per heavy atom. The maximum absolute atomic E-state index is 5.86. The number of nitrogens with zero attached hydrogens (tertiary/aromatic N) is 1. The molecule has 5 heteroatoms. The first-order valence-electron chi connectivity index (χ1n) is 6.97. The van der Waals surface area contributed by atoms with Crippen LogP contribution in [0.3, 0.4) is 0 Å². The van der Waals surface area contributed by atoms with Gasteiger partial charge in [0.1, 0.15) is 0 Å². The molecule has 0 heterocycles. The fourth-order valence-electron chi connectivity index (χ4n) is 1.93. The van der Waals surface area contributed by atoms with Gasteiger partial charge in [-0.05, 0) is 49.3 Å². The first-order chi connectivity index (χ1) is 9.28. The molecule has 1 aromatic rings. The third-order valence-corrected chi connectivity index (χ3v) is 3.58. The minimum absolute atomic E-state index is 0. The highest BCUT2D eigenvalue weighted by atomic mass is 127. The fourth-order valence-corrected chi connectivity index (χ4v) is 2.06. The molecule has 1 aromatic carbocycles. The quantitative estimate of drug-likeness (QED) is 0.328. The van der Waals surface area contributed by atoms with Crippen LogP contribution in [-0.2, 0) is 6.42 Å². The predicted octanol–water partition coefficient (Wildman–Crippen LogP) is 3.47. The Morgan fingerprint density at radius 2 is 1.95 bits per heavy atom. The molecule has 1 fully saturated rings. The average molecular weight is 408 g/mol. The molecule has 0 aliphatic heterocycles. The van der Waals surface area contributed by atoms with Gasteiger partial charge in [-0.15, -0.1) is 24.0 Å². The predicted molar refractivity (Wildman–Crippen MR) is 97.3 cm³/mol. The van der Waals surface area contributed by atoms with Crippen LogP contribution in [-0.4, -0.2) is 26.1 Å². The van der Waals surface area contributed by atoms with Crippen molar-refractivity contribution in [2.75, 3.05) is 20.1 Å². The Bertz CT molecular complexity index is 416. The van der Waals surface area contributed by atoms with Crippen molar-refractivity contribution in [3.8, 4) is 0 Å². The van der Waals surface area contributed by atoms with E-state index in [0.29, 0.717) is 0 Å². The van der Waals surface area contributed by atoms with Gasteiger partial charge >= 0.3 is 0 Å². The molecule has 3 nitrogen and oxygen atoms in total. The Balaban J connectivity index is 0.00000200. The second-order valence-corrected chi connectivity index (χ2v) is 5.49. The van der Waals surface area contributed by atoms with Crippen molar-refractivity contribution in [3.05, 3.63) is 34.9 Å². The van der Waals surface area contributed by atoms with Crippen LogP contribution < -0.4 is 10.6 Å². The van der Waals surface area contributed by atoms with Crippen LogP contribution >= 0.6 is 35.6 Å². The third-order valence-electron chi connectivity index (χ3n) is 3.33. The highest BCUT2D eigenvalue weighted by Gasteiger charge is 2.20. The van der Waals surface area contributed by atoms with Gasteiger partial charge in [-0.25, -0.2) is 0 Å². The lowest BCUT2D eigenvalue weighted by Crippen LogP contribution is -2.38. The number of rotatable bonds is 6. The highest BCUT2D eigenvalue weighted by Crippen LogP contribution is 2.27. The van der Waals surface area contributed by atoms with Gasteiger partial charge in [0.15, 0.2) is 5.96 Å². The zero-order valence-electron chi connectivity index (χ0n) is 11.9. The first kappa shape index (κ1) is 17.6. The molecule has 2 N–H and O–H groups in total. The van der Waals surface area contributed by atoms with Gasteiger partial charge in [-0.2, -0.15) is 0 Å². The molecule has 20 heavy (non-hydrogen) atoms. The summed E-state index contributed by atoms with van der Waals surface area (Å²) in [4.78, 5) is 4.22. The maximum atomic E-state index is 5.86. The van der Waals surface area contributed by atoms with Gasteiger partial charge in [0.05, 0.1) is 0 Å². The van der Waals surface area contributed by atoms with Crippen molar-refractivity contribution < 1.29 is 0 Å². The summed E-state index contributed by atoms with van der Waals surface area (Å²) in [6, 6.07) is 8.06. The van der Waals surface area contributed by atoms with Crippen LogP contribution in [0.1, 0.15) is 24.8 Å². The van der Waals surface area contributed by atoms with Crippen molar-refractivity contribution in [2.45, 2.75) is 25.7 Å². The molecule has 0 saturated heterocycles. The number of hydrogen-bond acceptors (Lipinski definition) is 1. The second-order valence-electron chi connectivity index (χ2n) is 5.05.